The van der Waals surface area contributed by atoms with Crippen molar-refractivity contribution in [1.82, 2.24) is 5.32 Å². The van der Waals surface area contributed by atoms with Crippen LogP contribution in [0.3, 0.4) is 0 Å². The highest BCUT2D eigenvalue weighted by Gasteiger charge is 1.88. The highest BCUT2D eigenvalue weighted by Crippen LogP contribution is 1.98. The molecule has 0 aromatic carbocycles. The first-order valence-corrected chi connectivity index (χ1v) is 5.22. The van der Waals surface area contributed by atoms with Gasteiger partial charge in [0.2, 0.25) is 0 Å². The zero-order valence-corrected chi connectivity index (χ0v) is 8.85. The zero-order valence-electron chi connectivity index (χ0n) is 8.85. The molecule has 0 rings (SSSR count). The van der Waals surface area contributed by atoms with E-state index >= 15 is 0 Å². The van der Waals surface area contributed by atoms with Crippen LogP contribution in [0.4, 0.5) is 0 Å². The first-order valence-electron chi connectivity index (χ1n) is 5.22. The van der Waals surface area contributed by atoms with Crippen LogP contribution in [0.5, 0.6) is 0 Å². The molecule has 0 amide bonds. The molecule has 0 aromatic heterocycles. The third-order valence-corrected chi connectivity index (χ3v) is 1.96. The Balaban J connectivity index is 2.79. The minimum Gasteiger partial charge on any atom is -0.385 e. The van der Waals surface area contributed by atoms with Crippen LogP contribution in [-0.2, 0) is 4.74 Å². The fraction of sp³-hybridized carbons (Fsp3) is 0.818. The lowest BCUT2D eigenvalue weighted by atomic mass is 10.2. The van der Waals surface area contributed by atoms with Gasteiger partial charge in [0.1, 0.15) is 0 Å². The molecule has 0 atom stereocenters. The van der Waals surface area contributed by atoms with Gasteiger partial charge in [0.15, 0.2) is 0 Å². The molecule has 0 fully saturated rings. The van der Waals surface area contributed by atoms with Gasteiger partial charge in [0.25, 0.3) is 0 Å². The second-order valence-electron chi connectivity index (χ2n) is 3.23. The minimum absolute atomic E-state index is 0.865. The number of unbranched alkanes of at least 4 members (excludes halogenated alkanes) is 3. The van der Waals surface area contributed by atoms with Gasteiger partial charge in [0.05, 0.1) is 0 Å². The molecule has 13 heavy (non-hydrogen) atoms. The van der Waals surface area contributed by atoms with E-state index in [1.165, 1.54) is 19.3 Å². The van der Waals surface area contributed by atoms with Gasteiger partial charge in [-0.2, -0.15) is 0 Å². The summed E-state index contributed by atoms with van der Waals surface area (Å²) in [6.07, 6.45) is 8.13. The maximum atomic E-state index is 4.95. The number of allylic oxidation sites excluding steroid dienone is 1. The summed E-state index contributed by atoms with van der Waals surface area (Å²) in [6.45, 7) is 6.78. The molecule has 0 saturated heterocycles. The van der Waals surface area contributed by atoms with Gasteiger partial charge >= 0.3 is 0 Å². The third kappa shape index (κ3) is 11.7. The van der Waals surface area contributed by atoms with Gasteiger partial charge in [-0.3, -0.25) is 0 Å². The molecule has 0 aliphatic rings. The van der Waals surface area contributed by atoms with Gasteiger partial charge in [-0.25, -0.2) is 0 Å². The van der Waals surface area contributed by atoms with E-state index in [-0.39, 0.29) is 0 Å². The Morgan fingerprint density at radius 2 is 1.92 bits per heavy atom. The fourth-order valence-electron chi connectivity index (χ4n) is 1.18. The summed E-state index contributed by atoms with van der Waals surface area (Å²) in [5.41, 5.74) is 0. The molecule has 78 valence electrons. The van der Waals surface area contributed by atoms with E-state index in [0.29, 0.717) is 0 Å². The summed E-state index contributed by atoms with van der Waals surface area (Å²) in [5.74, 6) is 0. The highest BCUT2D eigenvalue weighted by molar-refractivity contribution is 4.65. The molecule has 0 saturated carbocycles. The van der Waals surface area contributed by atoms with Crippen LogP contribution in [0.25, 0.3) is 0 Å². The van der Waals surface area contributed by atoms with Crippen molar-refractivity contribution in [1.29, 1.82) is 0 Å². The van der Waals surface area contributed by atoms with E-state index in [1.54, 1.807) is 7.11 Å². The molecule has 0 aliphatic heterocycles. The Bertz CT molecular complexity index is 104. The van der Waals surface area contributed by atoms with Crippen molar-refractivity contribution >= 4 is 0 Å². The van der Waals surface area contributed by atoms with Crippen LogP contribution in [0.2, 0.25) is 0 Å². The Morgan fingerprint density at radius 1 is 1.15 bits per heavy atom. The first kappa shape index (κ1) is 12.7. The fourth-order valence-corrected chi connectivity index (χ4v) is 1.18. The van der Waals surface area contributed by atoms with Gasteiger partial charge in [-0.05, 0) is 38.8 Å². The van der Waals surface area contributed by atoms with Gasteiger partial charge in [-0.15, -0.1) is 6.58 Å². The summed E-state index contributed by atoms with van der Waals surface area (Å²) in [6, 6.07) is 0. The van der Waals surface area contributed by atoms with Crippen molar-refractivity contribution in [2.45, 2.75) is 32.1 Å². The Kier molecular flexibility index (Phi) is 11.4. The molecule has 0 unspecified atom stereocenters. The predicted octanol–water partition coefficient (Wildman–Crippen LogP) is 2.36. The quantitative estimate of drug-likeness (QED) is 0.417. The molecule has 0 bridgehead atoms. The van der Waals surface area contributed by atoms with E-state index in [0.717, 1.165) is 32.5 Å². The molecule has 0 heterocycles. The van der Waals surface area contributed by atoms with Crippen molar-refractivity contribution in [3.8, 4) is 0 Å². The largest absolute Gasteiger partial charge is 0.385 e. The Labute approximate surface area is 82.4 Å². The lowest BCUT2D eigenvalue weighted by Crippen LogP contribution is -2.17. The molecule has 0 spiro atoms. The molecule has 1 N–H and O–H groups in total. The first-order chi connectivity index (χ1) is 6.41. The van der Waals surface area contributed by atoms with E-state index in [4.69, 9.17) is 4.74 Å². The monoisotopic (exact) mass is 185 g/mol. The standard InChI is InChI=1S/C11H23NO/c1-3-4-5-6-7-9-12-10-8-11-13-2/h3,12H,1,4-11H2,2H3. The maximum absolute atomic E-state index is 4.95. The second-order valence-corrected chi connectivity index (χ2v) is 3.23. The van der Waals surface area contributed by atoms with Crippen LogP contribution >= 0.6 is 0 Å². The average Bonchev–Trinajstić information content (AvgIpc) is 2.16. The molecule has 0 aliphatic carbocycles. The normalized spacial score (nSPS) is 10.2. The summed E-state index contributed by atoms with van der Waals surface area (Å²) in [5, 5.41) is 3.39. The topological polar surface area (TPSA) is 21.3 Å². The van der Waals surface area contributed by atoms with E-state index in [1.807, 2.05) is 6.08 Å². The van der Waals surface area contributed by atoms with Crippen LogP contribution in [0.1, 0.15) is 32.1 Å². The number of hydrogen-bond acceptors (Lipinski definition) is 2. The van der Waals surface area contributed by atoms with Crippen LogP contribution in [0, 0.1) is 0 Å². The molecule has 2 heteroatoms. The summed E-state index contributed by atoms with van der Waals surface area (Å²) >= 11 is 0. The van der Waals surface area contributed by atoms with Crippen molar-refractivity contribution < 1.29 is 4.74 Å². The lowest BCUT2D eigenvalue weighted by Gasteiger charge is -2.03. The van der Waals surface area contributed by atoms with Crippen LogP contribution in [-0.4, -0.2) is 26.8 Å². The minimum atomic E-state index is 0.865. The molecule has 0 radical (unpaired) electrons. The number of nitrogens with one attached hydrogen (secondary N) is 1. The Hall–Kier alpha value is -0.340. The van der Waals surface area contributed by atoms with Crippen molar-refractivity contribution in [2.75, 3.05) is 26.8 Å². The van der Waals surface area contributed by atoms with Crippen LogP contribution < -0.4 is 5.32 Å². The average molecular weight is 185 g/mol. The second kappa shape index (κ2) is 11.7. The van der Waals surface area contributed by atoms with Crippen molar-refractivity contribution in [3.05, 3.63) is 12.7 Å². The highest BCUT2D eigenvalue weighted by atomic mass is 16.5. The van der Waals surface area contributed by atoms with Crippen molar-refractivity contribution in [2.24, 2.45) is 0 Å². The van der Waals surface area contributed by atoms with Gasteiger partial charge in [0, 0.05) is 13.7 Å². The lowest BCUT2D eigenvalue weighted by molar-refractivity contribution is 0.194. The Morgan fingerprint density at radius 3 is 2.62 bits per heavy atom. The summed E-state index contributed by atoms with van der Waals surface area (Å²) in [4.78, 5) is 0. The van der Waals surface area contributed by atoms with E-state index in [2.05, 4.69) is 11.9 Å². The maximum Gasteiger partial charge on any atom is 0.0474 e. The van der Waals surface area contributed by atoms with Gasteiger partial charge < -0.3 is 10.1 Å². The summed E-state index contributed by atoms with van der Waals surface area (Å²) < 4.78 is 4.95. The molecular weight excluding hydrogens is 162 g/mol. The SMILES string of the molecule is C=CCCCCCNCCCOC. The van der Waals surface area contributed by atoms with Gasteiger partial charge in [-0.1, -0.05) is 12.5 Å². The van der Waals surface area contributed by atoms with Crippen LogP contribution in [0.15, 0.2) is 12.7 Å². The summed E-state index contributed by atoms with van der Waals surface area (Å²) in [7, 11) is 1.75. The molecule has 0 aromatic rings. The van der Waals surface area contributed by atoms with E-state index < -0.39 is 0 Å². The zero-order chi connectivity index (χ0) is 9.78. The number of methoxy groups -OCH3 is 1. The number of rotatable bonds is 10. The molecular formula is C11H23NO. The number of hydrogen-bond donors (Lipinski definition) is 1. The van der Waals surface area contributed by atoms with E-state index in [9.17, 15) is 0 Å². The predicted molar refractivity (Wildman–Crippen MR) is 58.0 cm³/mol. The number of ether oxygens (including phenoxy) is 1. The third-order valence-electron chi connectivity index (χ3n) is 1.96. The molecule has 2 nitrogen and oxygen atoms in total. The van der Waals surface area contributed by atoms with Crippen molar-refractivity contribution in [3.63, 3.8) is 0 Å². The smallest absolute Gasteiger partial charge is 0.0474 e.